The minimum atomic E-state index is -0.505. The maximum atomic E-state index is 13.0. The van der Waals surface area contributed by atoms with Gasteiger partial charge in [0.15, 0.2) is 0 Å². The number of anilines is 3. The van der Waals surface area contributed by atoms with Crippen molar-refractivity contribution in [2.75, 3.05) is 34.8 Å². The van der Waals surface area contributed by atoms with E-state index in [-0.39, 0.29) is 11.9 Å². The topological polar surface area (TPSA) is 64.7 Å². The van der Waals surface area contributed by atoms with Crippen molar-refractivity contribution in [2.24, 2.45) is 0 Å². The molecule has 1 unspecified atom stereocenters. The number of benzene rings is 2. The third-order valence-electron chi connectivity index (χ3n) is 5.66. The van der Waals surface area contributed by atoms with E-state index in [4.69, 9.17) is 0 Å². The highest BCUT2D eigenvalue weighted by Gasteiger charge is 2.31. The second-order valence-electron chi connectivity index (χ2n) is 7.71. The van der Waals surface area contributed by atoms with Gasteiger partial charge >= 0.3 is 6.03 Å². The molecule has 4 rings (SSSR count). The van der Waals surface area contributed by atoms with E-state index in [0.717, 1.165) is 25.2 Å². The third kappa shape index (κ3) is 4.70. The van der Waals surface area contributed by atoms with Crippen molar-refractivity contribution in [2.45, 2.75) is 38.1 Å². The van der Waals surface area contributed by atoms with Gasteiger partial charge in [0.1, 0.15) is 6.04 Å². The first kappa shape index (κ1) is 19.3. The van der Waals surface area contributed by atoms with Crippen LogP contribution in [0.1, 0.15) is 32.1 Å². The molecule has 6 nitrogen and oxygen atoms in total. The molecule has 2 aliphatic rings. The quantitative estimate of drug-likeness (QED) is 0.827. The Labute approximate surface area is 171 Å². The van der Waals surface area contributed by atoms with E-state index in [0.29, 0.717) is 18.7 Å². The Bertz CT molecular complexity index is 832. The zero-order valence-electron chi connectivity index (χ0n) is 16.6. The third-order valence-corrected chi connectivity index (χ3v) is 5.66. The van der Waals surface area contributed by atoms with Crippen LogP contribution in [0.5, 0.6) is 0 Å². The summed E-state index contributed by atoms with van der Waals surface area (Å²) in [4.78, 5) is 29.5. The summed E-state index contributed by atoms with van der Waals surface area (Å²) < 4.78 is 0. The molecule has 0 aromatic heterocycles. The number of nitrogens with zero attached hydrogens (tertiary/aromatic N) is 2. The van der Waals surface area contributed by atoms with E-state index in [2.05, 4.69) is 27.7 Å². The van der Waals surface area contributed by atoms with Crippen molar-refractivity contribution in [3.8, 4) is 0 Å². The molecule has 1 atom stereocenters. The predicted octanol–water partition coefficient (Wildman–Crippen LogP) is 3.99. The Morgan fingerprint density at radius 1 is 0.828 bits per heavy atom. The Morgan fingerprint density at radius 2 is 1.52 bits per heavy atom. The molecular formula is C23H28N4O2. The van der Waals surface area contributed by atoms with E-state index in [1.165, 1.54) is 24.9 Å². The molecule has 2 aromatic rings. The highest BCUT2D eigenvalue weighted by Crippen LogP contribution is 2.26. The Morgan fingerprint density at radius 3 is 2.24 bits per heavy atom. The molecule has 6 heteroatoms. The molecule has 2 aromatic carbocycles. The van der Waals surface area contributed by atoms with Gasteiger partial charge in [-0.2, -0.15) is 0 Å². The van der Waals surface area contributed by atoms with Crippen LogP contribution >= 0.6 is 0 Å². The fraction of sp³-hybridized carbons (Fsp3) is 0.391. The van der Waals surface area contributed by atoms with Gasteiger partial charge in [-0.1, -0.05) is 18.2 Å². The second kappa shape index (κ2) is 8.99. The van der Waals surface area contributed by atoms with Crippen molar-refractivity contribution >= 4 is 29.0 Å². The number of carbonyl (C=O) groups excluding carboxylic acids is 2. The highest BCUT2D eigenvalue weighted by molar-refractivity contribution is 6.01. The maximum absolute atomic E-state index is 13.0. The van der Waals surface area contributed by atoms with Gasteiger partial charge in [0.25, 0.3) is 0 Å². The molecular weight excluding hydrogens is 364 g/mol. The predicted molar refractivity (Wildman–Crippen MR) is 116 cm³/mol. The summed E-state index contributed by atoms with van der Waals surface area (Å²) in [5.74, 6) is -0.0508. The second-order valence-corrected chi connectivity index (χ2v) is 7.71. The van der Waals surface area contributed by atoms with E-state index in [9.17, 15) is 9.59 Å². The molecule has 29 heavy (non-hydrogen) atoms. The fourth-order valence-electron chi connectivity index (χ4n) is 4.11. The van der Waals surface area contributed by atoms with Gasteiger partial charge in [-0.3, -0.25) is 4.79 Å². The molecule has 2 heterocycles. The number of hydrogen-bond acceptors (Lipinski definition) is 3. The lowest BCUT2D eigenvalue weighted by atomic mass is 10.0. The monoisotopic (exact) mass is 392 g/mol. The average molecular weight is 393 g/mol. The van der Waals surface area contributed by atoms with E-state index >= 15 is 0 Å². The summed E-state index contributed by atoms with van der Waals surface area (Å²) in [6.07, 6.45) is 5.30. The summed E-state index contributed by atoms with van der Waals surface area (Å²) >= 11 is 0. The summed E-state index contributed by atoms with van der Waals surface area (Å²) in [7, 11) is 0. The van der Waals surface area contributed by atoms with Crippen LogP contribution in [-0.2, 0) is 4.79 Å². The lowest BCUT2D eigenvalue weighted by molar-refractivity contribution is -0.121. The lowest BCUT2D eigenvalue weighted by Gasteiger charge is -2.33. The van der Waals surface area contributed by atoms with Crippen LogP contribution in [0.15, 0.2) is 54.6 Å². The zero-order valence-corrected chi connectivity index (χ0v) is 16.6. The standard InChI is InChI=1S/C23H28N4O2/c28-22-21(25-23(29)24-18-8-3-1-4-9-18)10-7-17-27(22)20-13-11-19(12-14-20)26-15-5-2-6-16-26/h1,3-4,8-9,11-14,21H,2,5-7,10,15-17H2,(H2,24,25,29). The minimum Gasteiger partial charge on any atom is -0.372 e. The van der Waals surface area contributed by atoms with Crippen LogP contribution < -0.4 is 20.4 Å². The van der Waals surface area contributed by atoms with Crippen molar-refractivity contribution in [1.29, 1.82) is 0 Å². The summed E-state index contributed by atoms with van der Waals surface area (Å²) in [6, 6.07) is 16.6. The number of amides is 3. The molecule has 2 N–H and O–H groups in total. The van der Waals surface area contributed by atoms with Crippen molar-refractivity contribution < 1.29 is 9.59 Å². The first-order valence-corrected chi connectivity index (χ1v) is 10.5. The lowest BCUT2D eigenvalue weighted by Crippen LogP contribution is -2.53. The average Bonchev–Trinajstić information content (AvgIpc) is 2.77. The molecule has 0 radical (unpaired) electrons. The summed E-state index contributed by atoms with van der Waals surface area (Å²) in [5, 5.41) is 5.61. The van der Waals surface area contributed by atoms with Crippen molar-refractivity contribution in [1.82, 2.24) is 5.32 Å². The highest BCUT2D eigenvalue weighted by atomic mass is 16.2. The van der Waals surface area contributed by atoms with Crippen LogP contribution in [0.2, 0.25) is 0 Å². The zero-order chi connectivity index (χ0) is 20.1. The number of para-hydroxylation sites is 1. The molecule has 152 valence electrons. The Balaban J connectivity index is 1.38. The normalized spacial score (nSPS) is 19.7. The van der Waals surface area contributed by atoms with Gasteiger partial charge in [-0.15, -0.1) is 0 Å². The van der Waals surface area contributed by atoms with Crippen LogP contribution in [0.4, 0.5) is 21.9 Å². The molecule has 2 fully saturated rings. The van der Waals surface area contributed by atoms with Gasteiger partial charge in [-0.05, 0) is 68.5 Å². The number of hydrogen-bond donors (Lipinski definition) is 2. The molecule has 0 bridgehead atoms. The van der Waals surface area contributed by atoms with Gasteiger partial charge in [0.2, 0.25) is 5.91 Å². The van der Waals surface area contributed by atoms with E-state index < -0.39 is 6.04 Å². The Hall–Kier alpha value is -3.02. The number of piperidine rings is 2. The maximum Gasteiger partial charge on any atom is 0.319 e. The van der Waals surface area contributed by atoms with Gasteiger partial charge < -0.3 is 20.4 Å². The van der Waals surface area contributed by atoms with Gasteiger partial charge in [0, 0.05) is 36.7 Å². The van der Waals surface area contributed by atoms with E-state index in [1.807, 2.05) is 42.5 Å². The minimum absolute atomic E-state index is 0.0508. The van der Waals surface area contributed by atoms with Gasteiger partial charge in [0.05, 0.1) is 0 Å². The van der Waals surface area contributed by atoms with Crippen molar-refractivity contribution in [3.05, 3.63) is 54.6 Å². The number of carbonyl (C=O) groups is 2. The van der Waals surface area contributed by atoms with Crippen molar-refractivity contribution in [3.63, 3.8) is 0 Å². The van der Waals surface area contributed by atoms with Crippen LogP contribution in [0.25, 0.3) is 0 Å². The molecule has 3 amide bonds. The number of urea groups is 1. The molecule has 0 spiro atoms. The van der Waals surface area contributed by atoms with Crippen LogP contribution in [-0.4, -0.2) is 37.6 Å². The molecule has 2 saturated heterocycles. The van der Waals surface area contributed by atoms with E-state index in [1.54, 1.807) is 4.90 Å². The summed E-state index contributed by atoms with van der Waals surface area (Å²) in [5.41, 5.74) is 2.82. The summed E-state index contributed by atoms with van der Waals surface area (Å²) in [6.45, 7) is 2.88. The molecule has 0 saturated carbocycles. The first-order chi connectivity index (χ1) is 14.2. The fourth-order valence-corrected chi connectivity index (χ4v) is 4.11. The molecule has 2 aliphatic heterocycles. The first-order valence-electron chi connectivity index (χ1n) is 10.5. The van der Waals surface area contributed by atoms with Crippen LogP contribution in [0.3, 0.4) is 0 Å². The Kier molecular flexibility index (Phi) is 5.98. The molecule has 0 aliphatic carbocycles. The SMILES string of the molecule is O=C(Nc1ccccc1)NC1CCCN(c2ccc(N3CCCCC3)cc2)C1=O. The largest absolute Gasteiger partial charge is 0.372 e. The smallest absolute Gasteiger partial charge is 0.319 e. The van der Waals surface area contributed by atoms with Crippen LogP contribution in [0, 0.1) is 0 Å². The number of rotatable bonds is 4. The van der Waals surface area contributed by atoms with Gasteiger partial charge in [-0.25, -0.2) is 4.79 Å². The number of nitrogens with one attached hydrogen (secondary N) is 2.